The Morgan fingerprint density at radius 1 is 1.38 bits per heavy atom. The normalized spacial score (nSPS) is 23.6. The summed E-state index contributed by atoms with van der Waals surface area (Å²) in [6, 6.07) is 0. The van der Waals surface area contributed by atoms with Crippen molar-refractivity contribution in [2.24, 2.45) is 0 Å². The lowest BCUT2D eigenvalue weighted by molar-refractivity contribution is -0.138. The molecule has 1 amide bonds. The molecule has 0 unspecified atom stereocenters. The van der Waals surface area contributed by atoms with Crippen molar-refractivity contribution in [3.8, 4) is 0 Å². The maximum absolute atomic E-state index is 12.1. The zero-order chi connectivity index (χ0) is 14.5. The highest BCUT2D eigenvalue weighted by molar-refractivity contribution is 5.77. The van der Waals surface area contributed by atoms with Crippen LogP contribution < -0.4 is 0 Å². The molecule has 1 aromatic heterocycles. The predicted molar refractivity (Wildman–Crippen MR) is 72.6 cm³/mol. The maximum atomic E-state index is 12.1. The number of nitrogens with zero attached hydrogens (tertiary/aromatic N) is 3. The summed E-state index contributed by atoms with van der Waals surface area (Å²) in [5.41, 5.74) is 0. The number of carbonyl (C=O) groups excluding carboxylic acids is 1. The van der Waals surface area contributed by atoms with Crippen LogP contribution in [0.4, 0.5) is 0 Å². The lowest BCUT2D eigenvalue weighted by Gasteiger charge is -2.30. The Hall–Kier alpha value is -1.47. The highest BCUT2D eigenvalue weighted by Gasteiger charge is 2.26. The van der Waals surface area contributed by atoms with Crippen LogP contribution in [-0.2, 0) is 14.3 Å². The molecule has 1 aromatic rings. The Balaban J connectivity index is 1.36. The summed E-state index contributed by atoms with van der Waals surface area (Å²) in [6.07, 6.45) is 5.39. The molecule has 3 heterocycles. The Bertz CT molecular complexity index is 437. The predicted octanol–water partition coefficient (Wildman–Crippen LogP) is 0.971. The summed E-state index contributed by atoms with van der Waals surface area (Å²) in [5, 5.41) is 3.88. The molecule has 0 radical (unpaired) electrons. The van der Waals surface area contributed by atoms with Crippen LogP contribution in [0.25, 0.3) is 0 Å². The third kappa shape index (κ3) is 3.79. The van der Waals surface area contributed by atoms with E-state index in [1.165, 1.54) is 6.39 Å². The van der Waals surface area contributed by atoms with Gasteiger partial charge < -0.3 is 18.9 Å². The number of carbonyl (C=O) groups is 1. The molecule has 116 valence electrons. The second kappa shape index (κ2) is 7.00. The van der Waals surface area contributed by atoms with Gasteiger partial charge in [0.15, 0.2) is 5.82 Å². The third-order valence-electron chi connectivity index (χ3n) is 4.14. The Morgan fingerprint density at radius 3 is 2.90 bits per heavy atom. The minimum absolute atomic E-state index is 0.0551. The average Bonchev–Trinajstić information content (AvgIpc) is 3.21. The van der Waals surface area contributed by atoms with Crippen LogP contribution >= 0.6 is 0 Å². The summed E-state index contributed by atoms with van der Waals surface area (Å²) in [6.45, 7) is 2.92. The molecule has 0 saturated carbocycles. The number of aromatic nitrogens is 2. The van der Waals surface area contributed by atoms with E-state index in [1.807, 2.05) is 4.90 Å². The van der Waals surface area contributed by atoms with Crippen LogP contribution in [0.2, 0.25) is 0 Å². The summed E-state index contributed by atoms with van der Waals surface area (Å²) >= 11 is 0. The van der Waals surface area contributed by atoms with Gasteiger partial charge in [-0.2, -0.15) is 4.98 Å². The lowest BCUT2D eigenvalue weighted by Crippen LogP contribution is -2.40. The van der Waals surface area contributed by atoms with Gasteiger partial charge in [0.05, 0.1) is 12.7 Å². The number of piperidine rings is 1. The molecule has 7 heteroatoms. The minimum atomic E-state index is 0.0551. The highest BCUT2D eigenvalue weighted by Crippen LogP contribution is 2.25. The van der Waals surface area contributed by atoms with Crippen molar-refractivity contribution in [3.05, 3.63) is 12.2 Å². The van der Waals surface area contributed by atoms with Crippen LogP contribution in [0.15, 0.2) is 10.9 Å². The van der Waals surface area contributed by atoms with E-state index >= 15 is 0 Å². The van der Waals surface area contributed by atoms with Crippen LogP contribution in [0.5, 0.6) is 0 Å². The van der Waals surface area contributed by atoms with Crippen LogP contribution in [0.1, 0.15) is 37.4 Å². The Labute approximate surface area is 123 Å². The van der Waals surface area contributed by atoms with Crippen molar-refractivity contribution < 1.29 is 18.8 Å². The molecule has 3 rings (SSSR count). The molecule has 21 heavy (non-hydrogen) atoms. The van der Waals surface area contributed by atoms with E-state index in [0.29, 0.717) is 12.5 Å². The van der Waals surface area contributed by atoms with E-state index in [0.717, 1.165) is 51.2 Å². The van der Waals surface area contributed by atoms with Gasteiger partial charge in [-0.15, -0.1) is 0 Å². The molecule has 1 atom stereocenters. The smallest absolute Gasteiger partial charge is 0.248 e. The summed E-state index contributed by atoms with van der Waals surface area (Å²) in [7, 11) is 0. The van der Waals surface area contributed by atoms with Gasteiger partial charge in [-0.1, -0.05) is 5.16 Å². The van der Waals surface area contributed by atoms with Gasteiger partial charge in [0, 0.05) is 25.6 Å². The van der Waals surface area contributed by atoms with Crippen molar-refractivity contribution in [2.45, 2.75) is 37.7 Å². The van der Waals surface area contributed by atoms with E-state index in [4.69, 9.17) is 14.0 Å². The SMILES string of the molecule is O=C(COC[C@@H]1CCCO1)N1CCC(c2ncon2)CC1. The van der Waals surface area contributed by atoms with E-state index in [9.17, 15) is 4.79 Å². The average molecular weight is 295 g/mol. The van der Waals surface area contributed by atoms with Gasteiger partial charge in [0.25, 0.3) is 0 Å². The van der Waals surface area contributed by atoms with E-state index in [-0.39, 0.29) is 18.6 Å². The zero-order valence-electron chi connectivity index (χ0n) is 12.1. The molecule has 2 aliphatic rings. The first-order valence-corrected chi connectivity index (χ1v) is 7.56. The van der Waals surface area contributed by atoms with Gasteiger partial charge in [-0.3, -0.25) is 4.79 Å². The fraction of sp³-hybridized carbons (Fsp3) is 0.786. The molecule has 2 saturated heterocycles. The number of hydrogen-bond donors (Lipinski definition) is 0. The molecular formula is C14H21N3O4. The number of ether oxygens (including phenoxy) is 2. The first-order chi connectivity index (χ1) is 10.3. The van der Waals surface area contributed by atoms with Gasteiger partial charge in [0.1, 0.15) is 6.61 Å². The fourth-order valence-corrected chi connectivity index (χ4v) is 2.89. The number of amides is 1. The second-order valence-electron chi connectivity index (χ2n) is 5.59. The van der Waals surface area contributed by atoms with Crippen molar-refractivity contribution >= 4 is 5.91 Å². The van der Waals surface area contributed by atoms with E-state index in [1.54, 1.807) is 0 Å². The molecular weight excluding hydrogens is 274 g/mol. The van der Waals surface area contributed by atoms with Crippen molar-refractivity contribution in [1.82, 2.24) is 15.0 Å². The minimum Gasteiger partial charge on any atom is -0.376 e. The molecule has 0 bridgehead atoms. The number of hydrogen-bond acceptors (Lipinski definition) is 6. The molecule has 7 nitrogen and oxygen atoms in total. The summed E-state index contributed by atoms with van der Waals surface area (Å²) < 4.78 is 15.7. The lowest BCUT2D eigenvalue weighted by atomic mass is 9.96. The quantitative estimate of drug-likeness (QED) is 0.805. The monoisotopic (exact) mass is 295 g/mol. The van der Waals surface area contributed by atoms with Crippen LogP contribution in [-0.4, -0.2) is 60.0 Å². The fourth-order valence-electron chi connectivity index (χ4n) is 2.89. The topological polar surface area (TPSA) is 77.7 Å². The second-order valence-corrected chi connectivity index (χ2v) is 5.59. The largest absolute Gasteiger partial charge is 0.376 e. The maximum Gasteiger partial charge on any atom is 0.248 e. The van der Waals surface area contributed by atoms with Gasteiger partial charge in [-0.05, 0) is 25.7 Å². The van der Waals surface area contributed by atoms with E-state index < -0.39 is 0 Å². The molecule has 0 spiro atoms. The van der Waals surface area contributed by atoms with Gasteiger partial charge >= 0.3 is 0 Å². The molecule has 2 fully saturated rings. The number of rotatable bonds is 5. The van der Waals surface area contributed by atoms with Crippen molar-refractivity contribution in [1.29, 1.82) is 0 Å². The van der Waals surface area contributed by atoms with Crippen LogP contribution in [0.3, 0.4) is 0 Å². The standard InChI is InChI=1S/C14H21N3O4/c18-13(9-19-8-12-2-1-7-20-12)17-5-3-11(4-6-17)14-15-10-21-16-14/h10-12H,1-9H2/t12-/m0/s1. The first kappa shape index (κ1) is 14.5. The van der Waals surface area contributed by atoms with Crippen LogP contribution in [0, 0.1) is 0 Å². The van der Waals surface area contributed by atoms with Gasteiger partial charge in [0.2, 0.25) is 12.3 Å². The van der Waals surface area contributed by atoms with Crippen molar-refractivity contribution in [3.63, 3.8) is 0 Å². The third-order valence-corrected chi connectivity index (χ3v) is 4.14. The molecule has 2 aliphatic heterocycles. The number of likely N-dealkylation sites (tertiary alicyclic amines) is 1. The Kier molecular flexibility index (Phi) is 4.82. The highest BCUT2D eigenvalue weighted by atomic mass is 16.5. The van der Waals surface area contributed by atoms with Crippen molar-refractivity contribution in [2.75, 3.05) is 32.9 Å². The van der Waals surface area contributed by atoms with Gasteiger partial charge in [-0.25, -0.2) is 0 Å². The Morgan fingerprint density at radius 2 is 2.24 bits per heavy atom. The first-order valence-electron chi connectivity index (χ1n) is 7.56. The zero-order valence-corrected chi connectivity index (χ0v) is 12.1. The molecule has 0 aliphatic carbocycles. The molecule has 0 aromatic carbocycles. The molecule has 0 N–H and O–H groups in total. The summed E-state index contributed by atoms with van der Waals surface area (Å²) in [4.78, 5) is 18.0. The summed E-state index contributed by atoms with van der Waals surface area (Å²) in [5.74, 6) is 1.09. The van der Waals surface area contributed by atoms with E-state index in [2.05, 4.69) is 10.1 Å².